The Hall–Kier alpha value is -1.73. The number of carbonyl (C=O) groups is 2. The number of esters is 2. The highest BCUT2D eigenvalue weighted by atomic mass is 31.2. The van der Waals surface area contributed by atoms with Crippen molar-refractivity contribution >= 4 is 19.8 Å². The number of phosphoric ester groups is 1. The summed E-state index contributed by atoms with van der Waals surface area (Å²) in [4.78, 5) is 42.5. The zero-order valence-electron chi connectivity index (χ0n) is 29.2. The number of phosphoric acid groups is 1. The lowest BCUT2D eigenvalue weighted by Gasteiger charge is -2.18. The molecule has 0 fully saturated rings. The molecule has 1 atom stereocenters. The summed E-state index contributed by atoms with van der Waals surface area (Å²) in [6, 6.07) is 0. The number of ether oxygens (including phenoxy) is 2. The second-order valence-electron chi connectivity index (χ2n) is 12.2. The van der Waals surface area contributed by atoms with Gasteiger partial charge in [0, 0.05) is 12.8 Å². The Balaban J connectivity index is 3.98. The maximum Gasteiger partial charge on any atom is 0.469 e. The number of unbranched alkanes of at least 4 members (excludes halogenated alkanes) is 17. The van der Waals surface area contributed by atoms with Gasteiger partial charge in [-0.2, -0.15) is 0 Å². The normalized spacial score (nSPS) is 12.9. The molecule has 0 amide bonds. The molecule has 268 valence electrons. The molecule has 8 nitrogen and oxygen atoms in total. The molecule has 0 aromatic carbocycles. The van der Waals surface area contributed by atoms with Gasteiger partial charge in [-0.25, -0.2) is 4.57 Å². The van der Waals surface area contributed by atoms with E-state index in [2.05, 4.69) is 54.8 Å². The average Bonchev–Trinajstić information content (AvgIpc) is 3.02. The molecule has 1 unspecified atom stereocenters. The van der Waals surface area contributed by atoms with Crippen LogP contribution in [0.5, 0.6) is 0 Å². The highest BCUT2D eigenvalue weighted by Crippen LogP contribution is 2.36. The zero-order chi connectivity index (χ0) is 34.0. The quantitative estimate of drug-likeness (QED) is 0.0306. The standard InChI is InChI=1S/C37H67O8P/c1-3-5-7-9-11-13-14-15-16-17-18-19-20-21-22-24-26-28-30-32-37(39)45-35(34-44-46(40,41)42)33-43-36(38)31-29-27-25-23-12-10-8-6-4-2/h11,13,15-16,18-19,35H,3-10,12,14,17,20-34H2,1-2H3,(H2,40,41,42)/b13-11-,16-15-,19-18-. The molecule has 0 aromatic rings. The van der Waals surface area contributed by atoms with Gasteiger partial charge in [-0.05, 0) is 51.4 Å². The van der Waals surface area contributed by atoms with Crippen LogP contribution in [0.2, 0.25) is 0 Å². The first-order chi connectivity index (χ1) is 22.3. The third kappa shape index (κ3) is 35.1. The molecule has 0 aliphatic heterocycles. The fraction of sp³-hybridized carbons (Fsp3) is 0.784. The molecule has 0 aromatic heterocycles. The maximum atomic E-state index is 12.3. The van der Waals surface area contributed by atoms with E-state index in [1.54, 1.807) is 0 Å². The Bertz CT molecular complexity index is 848. The van der Waals surface area contributed by atoms with E-state index in [0.29, 0.717) is 6.42 Å². The molecule has 0 rings (SSSR count). The van der Waals surface area contributed by atoms with Crippen molar-refractivity contribution in [3.8, 4) is 0 Å². The third-order valence-electron chi connectivity index (χ3n) is 7.66. The second kappa shape index (κ2) is 33.2. The molecule has 0 spiro atoms. The van der Waals surface area contributed by atoms with Gasteiger partial charge in [0.15, 0.2) is 6.10 Å². The number of hydrogen-bond acceptors (Lipinski definition) is 6. The summed E-state index contributed by atoms with van der Waals surface area (Å²) in [6.07, 6.45) is 37.3. The number of hydrogen-bond donors (Lipinski definition) is 2. The number of rotatable bonds is 33. The summed E-state index contributed by atoms with van der Waals surface area (Å²) >= 11 is 0. The Kier molecular flexibility index (Phi) is 31.9. The van der Waals surface area contributed by atoms with Crippen LogP contribution in [-0.2, 0) is 28.2 Å². The van der Waals surface area contributed by atoms with E-state index in [-0.39, 0.29) is 19.4 Å². The first-order valence-corrected chi connectivity index (χ1v) is 19.8. The van der Waals surface area contributed by atoms with Crippen LogP contribution in [0.15, 0.2) is 36.5 Å². The van der Waals surface area contributed by atoms with Crippen molar-refractivity contribution in [1.29, 1.82) is 0 Å². The molecule has 0 aliphatic carbocycles. The van der Waals surface area contributed by atoms with Gasteiger partial charge >= 0.3 is 19.8 Å². The highest BCUT2D eigenvalue weighted by Gasteiger charge is 2.22. The lowest BCUT2D eigenvalue weighted by molar-refractivity contribution is -0.161. The van der Waals surface area contributed by atoms with Crippen molar-refractivity contribution in [3.05, 3.63) is 36.5 Å². The lowest BCUT2D eigenvalue weighted by atomic mass is 10.1. The van der Waals surface area contributed by atoms with Gasteiger partial charge in [0.2, 0.25) is 0 Å². The van der Waals surface area contributed by atoms with E-state index < -0.39 is 32.5 Å². The molecule has 0 saturated carbocycles. The van der Waals surface area contributed by atoms with E-state index in [1.165, 1.54) is 64.2 Å². The lowest BCUT2D eigenvalue weighted by Crippen LogP contribution is -2.29. The number of allylic oxidation sites excluding steroid dienone is 6. The zero-order valence-corrected chi connectivity index (χ0v) is 30.1. The van der Waals surface area contributed by atoms with Crippen LogP contribution in [-0.4, -0.2) is 41.0 Å². The summed E-state index contributed by atoms with van der Waals surface area (Å²) < 4.78 is 26.2. The molecule has 0 aliphatic rings. The maximum absolute atomic E-state index is 12.3. The molecule has 0 saturated heterocycles. The monoisotopic (exact) mass is 670 g/mol. The van der Waals surface area contributed by atoms with Gasteiger partial charge in [-0.3, -0.25) is 14.1 Å². The van der Waals surface area contributed by atoms with E-state index in [9.17, 15) is 14.2 Å². The molecule has 46 heavy (non-hydrogen) atoms. The van der Waals surface area contributed by atoms with Crippen LogP contribution < -0.4 is 0 Å². The Morgan fingerprint density at radius 3 is 1.50 bits per heavy atom. The van der Waals surface area contributed by atoms with Crippen LogP contribution in [0.4, 0.5) is 0 Å². The Morgan fingerprint density at radius 1 is 0.565 bits per heavy atom. The van der Waals surface area contributed by atoms with Gasteiger partial charge in [0.1, 0.15) is 6.61 Å². The van der Waals surface area contributed by atoms with E-state index in [4.69, 9.17) is 19.3 Å². The van der Waals surface area contributed by atoms with Crippen LogP contribution in [0.3, 0.4) is 0 Å². The molecule has 9 heteroatoms. The van der Waals surface area contributed by atoms with Crippen LogP contribution >= 0.6 is 7.82 Å². The van der Waals surface area contributed by atoms with Gasteiger partial charge in [-0.15, -0.1) is 0 Å². The minimum absolute atomic E-state index is 0.198. The summed E-state index contributed by atoms with van der Waals surface area (Å²) in [6.45, 7) is 3.61. The van der Waals surface area contributed by atoms with Gasteiger partial charge in [0.05, 0.1) is 6.61 Å². The van der Waals surface area contributed by atoms with Gasteiger partial charge < -0.3 is 19.3 Å². The molecule has 0 bridgehead atoms. The second-order valence-corrected chi connectivity index (χ2v) is 13.4. The summed E-state index contributed by atoms with van der Waals surface area (Å²) in [5, 5.41) is 0. The molecular weight excluding hydrogens is 603 g/mol. The van der Waals surface area contributed by atoms with E-state index in [1.807, 2.05) is 0 Å². The topological polar surface area (TPSA) is 119 Å². The molecular formula is C37H67O8P. The van der Waals surface area contributed by atoms with Crippen molar-refractivity contribution < 1.29 is 37.9 Å². The minimum atomic E-state index is -4.75. The molecule has 0 heterocycles. The predicted molar refractivity (Wildman–Crippen MR) is 188 cm³/mol. The van der Waals surface area contributed by atoms with Crippen molar-refractivity contribution in [2.45, 2.75) is 174 Å². The highest BCUT2D eigenvalue weighted by molar-refractivity contribution is 7.46. The van der Waals surface area contributed by atoms with Crippen molar-refractivity contribution in [3.63, 3.8) is 0 Å². The van der Waals surface area contributed by atoms with Crippen LogP contribution in [0.25, 0.3) is 0 Å². The molecule has 2 N–H and O–H groups in total. The summed E-state index contributed by atoms with van der Waals surface area (Å²) in [5.41, 5.74) is 0. The van der Waals surface area contributed by atoms with Crippen molar-refractivity contribution in [2.24, 2.45) is 0 Å². The van der Waals surface area contributed by atoms with E-state index >= 15 is 0 Å². The first kappa shape index (κ1) is 44.3. The van der Waals surface area contributed by atoms with Crippen LogP contribution in [0, 0.1) is 0 Å². The molecule has 0 radical (unpaired) electrons. The summed E-state index contributed by atoms with van der Waals surface area (Å²) in [5.74, 6) is -0.902. The summed E-state index contributed by atoms with van der Waals surface area (Å²) in [7, 11) is -4.75. The average molecular weight is 671 g/mol. The predicted octanol–water partition coefficient (Wildman–Crippen LogP) is 10.6. The van der Waals surface area contributed by atoms with Gasteiger partial charge in [0.25, 0.3) is 0 Å². The Morgan fingerprint density at radius 2 is 0.978 bits per heavy atom. The fourth-order valence-corrected chi connectivity index (χ4v) is 5.27. The van der Waals surface area contributed by atoms with Crippen LogP contribution in [0.1, 0.15) is 168 Å². The van der Waals surface area contributed by atoms with Crippen molar-refractivity contribution in [1.82, 2.24) is 0 Å². The largest absolute Gasteiger partial charge is 0.469 e. The SMILES string of the molecule is CCCCC/C=C\C/C=C\C/C=C\CCCCCCCCC(=O)OC(COC(=O)CCCCCCCCCCC)COP(=O)(O)O. The first-order valence-electron chi connectivity index (χ1n) is 18.3. The fourth-order valence-electron chi connectivity index (χ4n) is 4.91. The third-order valence-corrected chi connectivity index (χ3v) is 8.15. The van der Waals surface area contributed by atoms with E-state index in [0.717, 1.165) is 70.6 Å². The van der Waals surface area contributed by atoms with Crippen molar-refractivity contribution in [2.75, 3.05) is 13.2 Å². The Labute approximate surface area is 281 Å². The number of carbonyl (C=O) groups excluding carboxylic acids is 2. The van der Waals surface area contributed by atoms with Gasteiger partial charge in [-0.1, -0.05) is 140 Å². The minimum Gasteiger partial charge on any atom is -0.462 e. The smallest absolute Gasteiger partial charge is 0.462 e.